The Labute approximate surface area is 164 Å². The Hall–Kier alpha value is -2.86. The number of hydrogen-bond donors (Lipinski definition) is 1. The van der Waals surface area contributed by atoms with Gasteiger partial charge >= 0.3 is 0 Å². The SMILES string of the molecule is CCn1ccc2ccc([C@H]3c4nc[nH]c4CCN3Cc3cnn(C)c3C)cc21. The Morgan fingerprint density at radius 3 is 2.93 bits per heavy atom. The van der Waals surface area contributed by atoms with Crippen molar-refractivity contribution in [1.29, 1.82) is 0 Å². The van der Waals surface area contributed by atoms with Crippen LogP contribution in [0.4, 0.5) is 0 Å². The maximum atomic E-state index is 4.72. The highest BCUT2D eigenvalue weighted by Gasteiger charge is 2.31. The number of hydrogen-bond acceptors (Lipinski definition) is 3. The van der Waals surface area contributed by atoms with Crippen molar-refractivity contribution in [3.05, 3.63) is 71.2 Å². The third kappa shape index (κ3) is 2.67. The molecule has 1 aliphatic rings. The van der Waals surface area contributed by atoms with Gasteiger partial charge in [-0.05, 0) is 36.9 Å². The van der Waals surface area contributed by atoms with Crippen LogP contribution in [-0.4, -0.2) is 35.8 Å². The fourth-order valence-electron chi connectivity index (χ4n) is 4.43. The summed E-state index contributed by atoms with van der Waals surface area (Å²) in [6.45, 7) is 7.19. The molecule has 0 radical (unpaired) electrons. The highest BCUT2D eigenvalue weighted by Crippen LogP contribution is 2.36. The molecule has 28 heavy (non-hydrogen) atoms. The third-order valence-corrected chi connectivity index (χ3v) is 6.19. The number of aromatic nitrogens is 5. The van der Waals surface area contributed by atoms with Crippen LogP contribution in [0.1, 0.15) is 41.2 Å². The third-order valence-electron chi connectivity index (χ3n) is 6.19. The van der Waals surface area contributed by atoms with Gasteiger partial charge in [0.1, 0.15) is 0 Å². The van der Waals surface area contributed by atoms with Gasteiger partial charge in [-0.3, -0.25) is 9.58 Å². The molecule has 4 aromatic rings. The fraction of sp³-hybridized carbons (Fsp3) is 0.364. The first-order chi connectivity index (χ1) is 13.7. The van der Waals surface area contributed by atoms with Gasteiger partial charge < -0.3 is 9.55 Å². The van der Waals surface area contributed by atoms with Gasteiger partial charge in [0.15, 0.2) is 0 Å². The van der Waals surface area contributed by atoms with E-state index in [4.69, 9.17) is 4.98 Å². The van der Waals surface area contributed by atoms with E-state index < -0.39 is 0 Å². The van der Waals surface area contributed by atoms with Crippen LogP contribution < -0.4 is 0 Å². The maximum absolute atomic E-state index is 4.72. The first kappa shape index (κ1) is 17.3. The zero-order valence-corrected chi connectivity index (χ0v) is 16.7. The molecule has 1 N–H and O–H groups in total. The summed E-state index contributed by atoms with van der Waals surface area (Å²) in [5.74, 6) is 0. The number of aryl methyl sites for hydroxylation is 2. The Morgan fingerprint density at radius 1 is 1.25 bits per heavy atom. The number of nitrogens with zero attached hydrogens (tertiary/aromatic N) is 5. The van der Waals surface area contributed by atoms with Crippen LogP contribution in [0, 0.1) is 6.92 Å². The molecule has 6 heteroatoms. The molecule has 0 amide bonds. The number of imidazole rings is 1. The number of benzene rings is 1. The van der Waals surface area contributed by atoms with Crippen LogP contribution in [0.25, 0.3) is 10.9 Å². The molecule has 5 rings (SSSR count). The van der Waals surface area contributed by atoms with Crippen molar-refractivity contribution in [2.75, 3.05) is 6.54 Å². The largest absolute Gasteiger partial charge is 0.348 e. The molecule has 0 fully saturated rings. The van der Waals surface area contributed by atoms with Crippen molar-refractivity contribution in [2.45, 2.75) is 39.4 Å². The molecule has 1 atom stereocenters. The molecular formula is C22H26N6. The first-order valence-corrected chi connectivity index (χ1v) is 9.98. The van der Waals surface area contributed by atoms with Crippen LogP contribution in [0.15, 0.2) is 43.0 Å². The predicted molar refractivity (Wildman–Crippen MR) is 110 cm³/mol. The van der Waals surface area contributed by atoms with Crippen molar-refractivity contribution < 1.29 is 0 Å². The minimum atomic E-state index is 0.152. The molecule has 0 bridgehead atoms. The number of fused-ring (bicyclic) bond motifs is 2. The summed E-state index contributed by atoms with van der Waals surface area (Å²) in [4.78, 5) is 10.6. The van der Waals surface area contributed by atoms with E-state index in [1.54, 1.807) is 0 Å². The Morgan fingerprint density at radius 2 is 2.14 bits per heavy atom. The van der Waals surface area contributed by atoms with Gasteiger partial charge in [-0.25, -0.2) is 4.98 Å². The van der Waals surface area contributed by atoms with E-state index in [0.29, 0.717) is 0 Å². The lowest BCUT2D eigenvalue weighted by atomic mass is 9.94. The van der Waals surface area contributed by atoms with Gasteiger partial charge in [0, 0.05) is 61.8 Å². The second-order valence-electron chi connectivity index (χ2n) is 7.69. The zero-order valence-electron chi connectivity index (χ0n) is 16.7. The predicted octanol–water partition coefficient (Wildman–Crippen LogP) is 3.57. The lowest BCUT2D eigenvalue weighted by molar-refractivity contribution is 0.200. The smallest absolute Gasteiger partial charge is 0.0926 e. The van der Waals surface area contributed by atoms with E-state index in [-0.39, 0.29) is 6.04 Å². The van der Waals surface area contributed by atoms with E-state index in [9.17, 15) is 0 Å². The lowest BCUT2D eigenvalue weighted by Gasteiger charge is -2.35. The van der Waals surface area contributed by atoms with Crippen LogP contribution in [0.2, 0.25) is 0 Å². The van der Waals surface area contributed by atoms with Gasteiger partial charge in [-0.1, -0.05) is 12.1 Å². The van der Waals surface area contributed by atoms with Crippen LogP contribution in [-0.2, 0) is 26.6 Å². The quantitative estimate of drug-likeness (QED) is 0.594. The molecule has 144 valence electrons. The van der Waals surface area contributed by atoms with Crippen LogP contribution >= 0.6 is 0 Å². The van der Waals surface area contributed by atoms with Gasteiger partial charge in [0.25, 0.3) is 0 Å². The van der Waals surface area contributed by atoms with E-state index in [1.807, 2.05) is 24.3 Å². The van der Waals surface area contributed by atoms with E-state index >= 15 is 0 Å². The van der Waals surface area contributed by atoms with E-state index in [0.717, 1.165) is 31.7 Å². The summed E-state index contributed by atoms with van der Waals surface area (Å²) in [6.07, 6.45) is 7.01. The van der Waals surface area contributed by atoms with Crippen LogP contribution in [0.3, 0.4) is 0 Å². The van der Waals surface area contributed by atoms with Crippen molar-refractivity contribution in [1.82, 2.24) is 29.2 Å². The topological polar surface area (TPSA) is 54.7 Å². The number of nitrogens with one attached hydrogen (secondary N) is 1. The van der Waals surface area contributed by atoms with E-state index in [2.05, 4.69) is 63.9 Å². The molecule has 0 spiro atoms. The van der Waals surface area contributed by atoms with Crippen LogP contribution in [0.5, 0.6) is 0 Å². The summed E-state index contributed by atoms with van der Waals surface area (Å²) >= 11 is 0. The van der Waals surface area contributed by atoms with E-state index in [1.165, 1.54) is 33.4 Å². The minimum Gasteiger partial charge on any atom is -0.348 e. The van der Waals surface area contributed by atoms with Crippen molar-refractivity contribution in [3.63, 3.8) is 0 Å². The summed E-state index contributed by atoms with van der Waals surface area (Å²) in [7, 11) is 2.01. The normalized spacial score (nSPS) is 17.3. The van der Waals surface area contributed by atoms with Gasteiger partial charge in [0.05, 0.1) is 24.3 Å². The maximum Gasteiger partial charge on any atom is 0.0926 e. The Balaban J connectivity index is 1.59. The number of aromatic amines is 1. The summed E-state index contributed by atoms with van der Waals surface area (Å²) in [5, 5.41) is 5.73. The highest BCUT2D eigenvalue weighted by atomic mass is 15.3. The number of H-pyrrole nitrogens is 1. The molecule has 1 aliphatic heterocycles. The average molecular weight is 374 g/mol. The minimum absolute atomic E-state index is 0.152. The second-order valence-corrected chi connectivity index (χ2v) is 7.69. The molecule has 0 saturated carbocycles. The zero-order chi connectivity index (χ0) is 19.3. The number of rotatable bonds is 4. The molecule has 3 aromatic heterocycles. The summed E-state index contributed by atoms with van der Waals surface area (Å²) in [5.41, 5.74) is 7.51. The second kappa shape index (κ2) is 6.63. The molecule has 0 unspecified atom stereocenters. The van der Waals surface area contributed by atoms with Gasteiger partial charge in [-0.2, -0.15) is 5.10 Å². The summed E-state index contributed by atoms with van der Waals surface area (Å²) in [6, 6.07) is 9.20. The standard InChI is InChI=1S/C22H26N6/c1-4-27-9-7-16-5-6-17(11-20(16)27)22-21-19(23-14-24-21)8-10-28(22)13-18-12-25-26(3)15(18)2/h5-7,9,11-12,14,22H,4,8,10,13H2,1-3H3,(H,23,24)/t22-/m0/s1. The molecule has 1 aromatic carbocycles. The monoisotopic (exact) mass is 374 g/mol. The first-order valence-electron chi connectivity index (χ1n) is 9.98. The van der Waals surface area contributed by atoms with Crippen molar-refractivity contribution >= 4 is 10.9 Å². The highest BCUT2D eigenvalue weighted by molar-refractivity contribution is 5.81. The average Bonchev–Trinajstić information content (AvgIpc) is 3.42. The van der Waals surface area contributed by atoms with Crippen molar-refractivity contribution in [2.24, 2.45) is 7.05 Å². The van der Waals surface area contributed by atoms with Gasteiger partial charge in [0.2, 0.25) is 0 Å². The Kier molecular flexibility index (Phi) is 4.09. The molecule has 6 nitrogen and oxygen atoms in total. The van der Waals surface area contributed by atoms with Gasteiger partial charge in [-0.15, -0.1) is 0 Å². The molecular weight excluding hydrogens is 348 g/mol. The molecule has 0 saturated heterocycles. The molecule has 4 heterocycles. The summed E-state index contributed by atoms with van der Waals surface area (Å²) < 4.78 is 4.26. The molecule has 0 aliphatic carbocycles. The lowest BCUT2D eigenvalue weighted by Crippen LogP contribution is -2.36. The van der Waals surface area contributed by atoms with Crippen molar-refractivity contribution in [3.8, 4) is 0 Å². The fourth-order valence-corrected chi connectivity index (χ4v) is 4.43. The Bertz CT molecular complexity index is 1130.